The number of nitrogens with one attached hydrogen (secondary N) is 1. The summed E-state index contributed by atoms with van der Waals surface area (Å²) in [4.78, 5) is 24.3. The lowest BCUT2D eigenvalue weighted by Crippen LogP contribution is -2.35. The van der Waals surface area contributed by atoms with E-state index in [1.807, 2.05) is 30.3 Å². The van der Waals surface area contributed by atoms with Crippen LogP contribution in [0.15, 0.2) is 60.2 Å². The monoisotopic (exact) mass is 298 g/mol. The molecule has 1 heterocycles. The zero-order valence-corrected chi connectivity index (χ0v) is 11.7. The Balaban J connectivity index is 1.94. The van der Waals surface area contributed by atoms with Crippen LogP contribution in [0.4, 0.5) is 5.69 Å². The van der Waals surface area contributed by atoms with Gasteiger partial charge in [0.05, 0.1) is 5.69 Å². The highest BCUT2D eigenvalue weighted by atomic mass is 35.5. The lowest BCUT2D eigenvalue weighted by molar-refractivity contribution is -0.117. The average Bonchev–Trinajstić information content (AvgIpc) is 2.76. The van der Waals surface area contributed by atoms with Gasteiger partial charge in [-0.05, 0) is 29.8 Å². The molecule has 5 heteroatoms. The molecule has 2 aromatic rings. The van der Waals surface area contributed by atoms with Gasteiger partial charge in [-0.15, -0.1) is 0 Å². The molecule has 1 N–H and O–H groups in total. The van der Waals surface area contributed by atoms with Gasteiger partial charge in [-0.2, -0.15) is 0 Å². The number of amides is 2. The molecule has 0 atom stereocenters. The molecule has 0 bridgehead atoms. The number of hydrogen-bond acceptors (Lipinski definition) is 2. The topological polar surface area (TPSA) is 49.4 Å². The van der Waals surface area contributed by atoms with Gasteiger partial charge in [0.2, 0.25) is 0 Å². The zero-order valence-electron chi connectivity index (χ0n) is 10.9. The van der Waals surface area contributed by atoms with E-state index < -0.39 is 11.8 Å². The Morgan fingerprint density at radius 1 is 1.00 bits per heavy atom. The number of nitrogens with zero attached hydrogens (tertiary/aromatic N) is 1. The van der Waals surface area contributed by atoms with Gasteiger partial charge in [0.1, 0.15) is 5.57 Å². The first-order chi connectivity index (χ1) is 10.1. The summed E-state index contributed by atoms with van der Waals surface area (Å²) in [7, 11) is 0. The van der Waals surface area contributed by atoms with Crippen LogP contribution in [0.2, 0.25) is 5.02 Å². The largest absolute Gasteiger partial charge is 0.282 e. The minimum atomic E-state index is -0.427. The van der Waals surface area contributed by atoms with Crippen LogP contribution in [0.5, 0.6) is 0 Å². The number of halogens is 1. The van der Waals surface area contributed by atoms with Crippen molar-refractivity contribution in [3.8, 4) is 0 Å². The van der Waals surface area contributed by atoms with Crippen LogP contribution >= 0.6 is 11.6 Å². The second kappa shape index (κ2) is 5.42. The number of rotatable bonds is 2. The first-order valence-corrected chi connectivity index (χ1v) is 6.71. The zero-order chi connectivity index (χ0) is 14.8. The maximum absolute atomic E-state index is 12.4. The van der Waals surface area contributed by atoms with Crippen molar-refractivity contribution in [1.82, 2.24) is 5.43 Å². The third-order valence-electron chi connectivity index (χ3n) is 3.07. The Kier molecular flexibility index (Phi) is 3.46. The first kappa shape index (κ1) is 13.4. The van der Waals surface area contributed by atoms with Gasteiger partial charge in [0, 0.05) is 5.02 Å². The molecule has 0 radical (unpaired) electrons. The van der Waals surface area contributed by atoms with Crippen LogP contribution in [0.3, 0.4) is 0 Å². The van der Waals surface area contributed by atoms with Crippen molar-refractivity contribution in [3.63, 3.8) is 0 Å². The van der Waals surface area contributed by atoms with Gasteiger partial charge in [-0.25, -0.2) is 5.01 Å². The molecule has 1 saturated heterocycles. The SMILES string of the molecule is O=C1NN(c2cccc(Cl)c2)C(=O)/C1=C/c1ccccc1. The van der Waals surface area contributed by atoms with E-state index in [0.717, 1.165) is 5.56 Å². The van der Waals surface area contributed by atoms with Crippen LogP contribution in [0.25, 0.3) is 6.08 Å². The van der Waals surface area contributed by atoms with Crippen molar-refractivity contribution >= 4 is 35.2 Å². The summed E-state index contributed by atoms with van der Waals surface area (Å²) in [5.74, 6) is -0.824. The molecular formula is C16H11ClN2O2. The van der Waals surface area contributed by atoms with Gasteiger partial charge in [-0.1, -0.05) is 48.0 Å². The Morgan fingerprint density at radius 3 is 2.48 bits per heavy atom. The van der Waals surface area contributed by atoms with Crippen molar-refractivity contribution < 1.29 is 9.59 Å². The molecule has 0 spiro atoms. The minimum Gasteiger partial charge on any atom is -0.267 e. The van der Waals surface area contributed by atoms with E-state index in [9.17, 15) is 9.59 Å². The predicted octanol–water partition coefficient (Wildman–Crippen LogP) is 2.80. The Morgan fingerprint density at radius 2 is 1.76 bits per heavy atom. The first-order valence-electron chi connectivity index (χ1n) is 6.33. The highest BCUT2D eigenvalue weighted by Crippen LogP contribution is 2.23. The summed E-state index contributed by atoms with van der Waals surface area (Å²) in [6.45, 7) is 0. The van der Waals surface area contributed by atoms with Gasteiger partial charge in [0.15, 0.2) is 0 Å². The summed E-state index contributed by atoms with van der Waals surface area (Å²) in [6, 6.07) is 16.0. The second-order valence-electron chi connectivity index (χ2n) is 4.53. The fourth-order valence-corrected chi connectivity index (χ4v) is 2.25. The smallest absolute Gasteiger partial charge is 0.267 e. The molecule has 3 rings (SSSR count). The normalized spacial score (nSPS) is 16.4. The van der Waals surface area contributed by atoms with Gasteiger partial charge in [-0.3, -0.25) is 15.0 Å². The molecule has 0 saturated carbocycles. The standard InChI is InChI=1S/C16H11ClN2O2/c17-12-7-4-8-13(10-12)19-16(21)14(15(20)18-19)9-11-5-2-1-3-6-11/h1-10H,(H,18,20)/b14-9+. The summed E-state index contributed by atoms with van der Waals surface area (Å²) in [6.07, 6.45) is 1.57. The van der Waals surface area contributed by atoms with Gasteiger partial charge < -0.3 is 0 Å². The van der Waals surface area contributed by atoms with Crippen LogP contribution < -0.4 is 10.4 Å². The van der Waals surface area contributed by atoms with E-state index in [-0.39, 0.29) is 5.57 Å². The quantitative estimate of drug-likeness (QED) is 0.684. The lowest BCUT2D eigenvalue weighted by atomic mass is 10.1. The summed E-state index contributed by atoms with van der Waals surface area (Å²) in [5.41, 5.74) is 3.95. The maximum atomic E-state index is 12.4. The van der Waals surface area contributed by atoms with Crippen LogP contribution in [0, 0.1) is 0 Å². The molecule has 1 fully saturated rings. The molecule has 0 aliphatic carbocycles. The number of hydrogen-bond donors (Lipinski definition) is 1. The molecule has 104 valence electrons. The molecule has 21 heavy (non-hydrogen) atoms. The van der Waals surface area contributed by atoms with Gasteiger partial charge >= 0.3 is 0 Å². The Hall–Kier alpha value is -2.59. The Labute approximate surface area is 126 Å². The Bertz CT molecular complexity index is 741. The lowest BCUT2D eigenvalue weighted by Gasteiger charge is -2.14. The summed E-state index contributed by atoms with van der Waals surface area (Å²) < 4.78 is 0. The van der Waals surface area contributed by atoms with E-state index >= 15 is 0 Å². The van der Waals surface area contributed by atoms with E-state index in [0.29, 0.717) is 10.7 Å². The van der Waals surface area contributed by atoms with E-state index in [1.54, 1.807) is 30.3 Å². The summed E-state index contributed by atoms with van der Waals surface area (Å²) >= 11 is 5.91. The van der Waals surface area contributed by atoms with Crippen LogP contribution in [-0.2, 0) is 9.59 Å². The molecule has 1 aliphatic rings. The van der Waals surface area contributed by atoms with Crippen molar-refractivity contribution in [2.45, 2.75) is 0 Å². The molecule has 4 nitrogen and oxygen atoms in total. The van der Waals surface area contributed by atoms with Crippen LogP contribution in [0.1, 0.15) is 5.56 Å². The highest BCUT2D eigenvalue weighted by molar-refractivity contribution is 6.33. The number of carbonyl (C=O) groups excluding carboxylic acids is 2. The maximum Gasteiger partial charge on any atom is 0.282 e. The number of benzene rings is 2. The summed E-state index contributed by atoms with van der Waals surface area (Å²) in [5, 5.41) is 1.69. The van der Waals surface area contributed by atoms with Crippen molar-refractivity contribution in [1.29, 1.82) is 0 Å². The second-order valence-corrected chi connectivity index (χ2v) is 4.97. The van der Waals surface area contributed by atoms with Crippen molar-refractivity contribution in [2.24, 2.45) is 0 Å². The molecule has 0 unspecified atom stereocenters. The third-order valence-corrected chi connectivity index (χ3v) is 3.30. The van der Waals surface area contributed by atoms with Crippen molar-refractivity contribution in [3.05, 3.63) is 70.8 Å². The number of hydrazine groups is 1. The van der Waals surface area contributed by atoms with E-state index in [2.05, 4.69) is 5.43 Å². The fourth-order valence-electron chi connectivity index (χ4n) is 2.07. The number of carbonyl (C=O) groups is 2. The molecular weight excluding hydrogens is 288 g/mol. The van der Waals surface area contributed by atoms with E-state index in [1.165, 1.54) is 5.01 Å². The predicted molar refractivity (Wildman–Crippen MR) is 81.5 cm³/mol. The van der Waals surface area contributed by atoms with Gasteiger partial charge in [0.25, 0.3) is 11.8 Å². The molecule has 0 aromatic heterocycles. The minimum absolute atomic E-state index is 0.0983. The van der Waals surface area contributed by atoms with Crippen molar-refractivity contribution in [2.75, 3.05) is 5.01 Å². The molecule has 1 aliphatic heterocycles. The highest BCUT2D eigenvalue weighted by Gasteiger charge is 2.34. The third kappa shape index (κ3) is 2.66. The molecule has 2 amide bonds. The van der Waals surface area contributed by atoms with Crippen LogP contribution in [-0.4, -0.2) is 11.8 Å². The fraction of sp³-hybridized carbons (Fsp3) is 0. The number of anilines is 1. The average molecular weight is 299 g/mol. The molecule has 2 aromatic carbocycles. The van der Waals surface area contributed by atoms with E-state index in [4.69, 9.17) is 11.6 Å².